The highest BCUT2D eigenvalue weighted by Crippen LogP contribution is 2.34. The zero-order chi connectivity index (χ0) is 22.1. The molecular formula is C25H25N3O4. The Hall–Kier alpha value is -3.61. The maximum atomic E-state index is 13.4. The van der Waals surface area contributed by atoms with Crippen molar-refractivity contribution in [3.8, 4) is 22.8 Å². The summed E-state index contributed by atoms with van der Waals surface area (Å²) in [5.41, 5.74) is 4.01. The van der Waals surface area contributed by atoms with Crippen LogP contribution in [0.3, 0.4) is 0 Å². The van der Waals surface area contributed by atoms with Gasteiger partial charge >= 0.3 is 0 Å². The van der Waals surface area contributed by atoms with E-state index in [2.05, 4.69) is 5.32 Å². The fourth-order valence-corrected chi connectivity index (χ4v) is 4.46. The summed E-state index contributed by atoms with van der Waals surface area (Å²) in [5, 5.41) is 7.66. The van der Waals surface area contributed by atoms with Crippen LogP contribution in [-0.2, 0) is 17.6 Å². The number of hydrogen-bond donors (Lipinski definition) is 1. The zero-order valence-corrected chi connectivity index (χ0v) is 18.0. The van der Waals surface area contributed by atoms with Gasteiger partial charge in [-0.1, -0.05) is 37.3 Å². The number of hydrogen-bond acceptors (Lipinski definition) is 5. The van der Waals surface area contributed by atoms with Crippen LogP contribution in [0.15, 0.2) is 53.3 Å². The van der Waals surface area contributed by atoms with Crippen molar-refractivity contribution in [1.29, 1.82) is 0 Å². The smallest absolute Gasteiger partial charge is 0.271 e. The van der Waals surface area contributed by atoms with Crippen LogP contribution in [0.2, 0.25) is 0 Å². The van der Waals surface area contributed by atoms with Gasteiger partial charge in [0.25, 0.3) is 5.56 Å². The second kappa shape index (κ2) is 8.49. The van der Waals surface area contributed by atoms with Gasteiger partial charge in [-0.05, 0) is 49.8 Å². The first-order valence-corrected chi connectivity index (χ1v) is 11.1. The van der Waals surface area contributed by atoms with E-state index in [0.717, 1.165) is 48.1 Å². The highest BCUT2D eigenvalue weighted by Gasteiger charge is 2.27. The zero-order valence-electron chi connectivity index (χ0n) is 18.0. The summed E-state index contributed by atoms with van der Waals surface area (Å²) in [7, 11) is 0. The van der Waals surface area contributed by atoms with Crippen LogP contribution in [0.1, 0.15) is 43.4 Å². The first-order valence-electron chi connectivity index (χ1n) is 11.1. The highest BCUT2D eigenvalue weighted by molar-refractivity contribution is 5.94. The van der Waals surface area contributed by atoms with Crippen molar-refractivity contribution in [3.05, 3.63) is 70.0 Å². The van der Waals surface area contributed by atoms with Crippen molar-refractivity contribution in [3.63, 3.8) is 0 Å². The standard InChI is InChI=1S/C25H25N3O4/c1-2-20(24(29)26-17-12-13-21-22(14-17)32-15-31-21)28-25(30)19-11-7-6-10-18(19)23(27-28)16-8-4-3-5-9-16/h3-5,8-9,12-14,20H,2,6-7,10-11,15H2,1H3,(H,26,29). The van der Waals surface area contributed by atoms with E-state index in [1.165, 1.54) is 4.68 Å². The Labute approximate surface area is 186 Å². The van der Waals surface area contributed by atoms with E-state index in [1.807, 2.05) is 37.3 Å². The Kier molecular flexibility index (Phi) is 5.39. The van der Waals surface area contributed by atoms with Crippen LogP contribution in [-0.4, -0.2) is 22.5 Å². The topological polar surface area (TPSA) is 82.4 Å². The second-order valence-electron chi connectivity index (χ2n) is 8.11. The molecule has 32 heavy (non-hydrogen) atoms. The van der Waals surface area contributed by atoms with Gasteiger partial charge < -0.3 is 14.8 Å². The monoisotopic (exact) mass is 431 g/mol. The molecule has 1 aliphatic heterocycles. The van der Waals surface area contributed by atoms with Gasteiger partial charge in [0, 0.05) is 22.9 Å². The van der Waals surface area contributed by atoms with E-state index in [1.54, 1.807) is 18.2 Å². The summed E-state index contributed by atoms with van der Waals surface area (Å²) >= 11 is 0. The molecule has 1 amide bonds. The maximum absolute atomic E-state index is 13.4. The molecule has 1 unspecified atom stereocenters. The van der Waals surface area contributed by atoms with Gasteiger partial charge in [-0.25, -0.2) is 4.68 Å². The Balaban J connectivity index is 1.53. The number of nitrogens with one attached hydrogen (secondary N) is 1. The molecule has 1 atom stereocenters. The van der Waals surface area contributed by atoms with E-state index < -0.39 is 6.04 Å². The summed E-state index contributed by atoms with van der Waals surface area (Å²) in [6.07, 6.45) is 4.01. The van der Waals surface area contributed by atoms with Crippen LogP contribution in [0.5, 0.6) is 11.5 Å². The third-order valence-corrected chi connectivity index (χ3v) is 6.10. The van der Waals surface area contributed by atoms with Gasteiger partial charge in [0.15, 0.2) is 11.5 Å². The third-order valence-electron chi connectivity index (χ3n) is 6.10. The molecule has 0 bridgehead atoms. The number of rotatable bonds is 5. The first-order chi connectivity index (χ1) is 15.7. The number of anilines is 1. The lowest BCUT2D eigenvalue weighted by molar-refractivity contribution is -0.119. The minimum absolute atomic E-state index is 0.160. The average molecular weight is 431 g/mol. The largest absolute Gasteiger partial charge is 0.454 e. The van der Waals surface area contributed by atoms with Gasteiger partial charge in [-0.2, -0.15) is 5.10 Å². The molecule has 0 fully saturated rings. The number of benzene rings is 2. The molecule has 7 heteroatoms. The predicted molar refractivity (Wildman–Crippen MR) is 121 cm³/mol. The van der Waals surface area contributed by atoms with Crippen molar-refractivity contribution < 1.29 is 14.3 Å². The molecule has 3 aromatic rings. The maximum Gasteiger partial charge on any atom is 0.271 e. The number of fused-ring (bicyclic) bond motifs is 2. The molecule has 1 N–H and O–H groups in total. The minimum atomic E-state index is -0.720. The summed E-state index contributed by atoms with van der Waals surface area (Å²) in [5.74, 6) is 0.956. The number of nitrogens with zero attached hydrogens (tertiary/aromatic N) is 2. The predicted octanol–water partition coefficient (Wildman–Crippen LogP) is 4.11. The van der Waals surface area contributed by atoms with Crippen LogP contribution in [0.25, 0.3) is 11.3 Å². The molecule has 2 aliphatic rings. The van der Waals surface area contributed by atoms with Crippen molar-refractivity contribution >= 4 is 11.6 Å². The lowest BCUT2D eigenvalue weighted by Crippen LogP contribution is -2.38. The number of amides is 1. The van der Waals surface area contributed by atoms with Crippen LogP contribution in [0.4, 0.5) is 5.69 Å². The van der Waals surface area contributed by atoms with Crippen molar-refractivity contribution in [2.75, 3.05) is 12.1 Å². The Morgan fingerprint density at radius 1 is 1.06 bits per heavy atom. The number of ether oxygens (including phenoxy) is 2. The van der Waals surface area contributed by atoms with Gasteiger partial charge in [0.05, 0.1) is 5.69 Å². The van der Waals surface area contributed by atoms with Gasteiger partial charge in [-0.15, -0.1) is 0 Å². The van der Waals surface area contributed by atoms with Crippen LogP contribution < -0.4 is 20.3 Å². The second-order valence-corrected chi connectivity index (χ2v) is 8.11. The summed E-state index contributed by atoms with van der Waals surface area (Å²) in [6.45, 7) is 2.06. The molecule has 0 radical (unpaired) electrons. The molecule has 0 spiro atoms. The number of aromatic nitrogens is 2. The van der Waals surface area contributed by atoms with E-state index in [4.69, 9.17) is 14.6 Å². The molecule has 2 aromatic carbocycles. The number of carbonyl (C=O) groups excluding carboxylic acids is 1. The fraction of sp³-hybridized carbons (Fsp3) is 0.320. The lowest BCUT2D eigenvalue weighted by Gasteiger charge is -2.23. The van der Waals surface area contributed by atoms with Gasteiger partial charge in [-0.3, -0.25) is 9.59 Å². The van der Waals surface area contributed by atoms with Gasteiger partial charge in [0.1, 0.15) is 6.04 Å². The molecule has 1 aliphatic carbocycles. The van der Waals surface area contributed by atoms with E-state index in [9.17, 15) is 9.59 Å². The summed E-state index contributed by atoms with van der Waals surface area (Å²) in [4.78, 5) is 26.6. The van der Waals surface area contributed by atoms with Crippen LogP contribution in [0, 0.1) is 0 Å². The highest BCUT2D eigenvalue weighted by atomic mass is 16.7. The Bertz CT molecular complexity index is 1220. The summed E-state index contributed by atoms with van der Waals surface area (Å²) < 4.78 is 12.1. The molecule has 0 saturated carbocycles. The normalized spacial score (nSPS) is 15.2. The molecule has 2 heterocycles. The molecule has 7 nitrogen and oxygen atoms in total. The number of carbonyl (C=O) groups is 1. The quantitative estimate of drug-likeness (QED) is 0.658. The molecule has 5 rings (SSSR count). The molecule has 164 valence electrons. The van der Waals surface area contributed by atoms with E-state index in [0.29, 0.717) is 23.6 Å². The SMILES string of the molecule is CCC(C(=O)Nc1ccc2c(c1)OCO2)n1nc(-c2ccccc2)c2c(c1=O)CCCC2. The van der Waals surface area contributed by atoms with Crippen molar-refractivity contribution in [2.24, 2.45) is 0 Å². The van der Waals surface area contributed by atoms with Crippen molar-refractivity contribution in [1.82, 2.24) is 9.78 Å². The van der Waals surface area contributed by atoms with Gasteiger partial charge in [0.2, 0.25) is 12.7 Å². The Morgan fingerprint density at radius 2 is 1.81 bits per heavy atom. The average Bonchev–Trinajstić information content (AvgIpc) is 3.29. The van der Waals surface area contributed by atoms with E-state index in [-0.39, 0.29) is 18.3 Å². The summed E-state index contributed by atoms with van der Waals surface area (Å²) in [6, 6.07) is 14.4. The van der Waals surface area contributed by atoms with Crippen LogP contribution >= 0.6 is 0 Å². The molecule has 1 aromatic heterocycles. The molecule has 0 saturated heterocycles. The minimum Gasteiger partial charge on any atom is -0.454 e. The molecular weight excluding hydrogens is 406 g/mol. The lowest BCUT2D eigenvalue weighted by atomic mass is 9.89. The third kappa shape index (κ3) is 3.64. The first kappa shape index (κ1) is 20.3. The fourth-order valence-electron chi connectivity index (χ4n) is 4.46. The van der Waals surface area contributed by atoms with Crippen molar-refractivity contribution in [2.45, 2.75) is 45.1 Å². The Morgan fingerprint density at radius 3 is 2.59 bits per heavy atom. The van der Waals surface area contributed by atoms with E-state index >= 15 is 0 Å².